The van der Waals surface area contributed by atoms with Crippen molar-refractivity contribution in [3.8, 4) is 0 Å². The summed E-state index contributed by atoms with van der Waals surface area (Å²) in [5.41, 5.74) is 0. The molecule has 1 heterocycles. The fourth-order valence-corrected chi connectivity index (χ4v) is 1.49. The predicted molar refractivity (Wildman–Crippen MR) is 29.9 cm³/mol. The first-order chi connectivity index (χ1) is 2.89. The van der Waals surface area contributed by atoms with E-state index in [1.54, 1.807) is 0 Å². The van der Waals surface area contributed by atoms with Gasteiger partial charge in [0.1, 0.15) is 0 Å². The lowest BCUT2D eigenvalue weighted by Gasteiger charge is -1.93. The van der Waals surface area contributed by atoms with Crippen molar-refractivity contribution >= 4 is 11.8 Å². The van der Waals surface area contributed by atoms with Crippen LogP contribution in [0.25, 0.3) is 0 Å². The molecule has 36 valence electrons. The quantitative estimate of drug-likeness (QED) is 0.483. The van der Waals surface area contributed by atoms with E-state index in [-0.39, 0.29) is 0 Å². The Morgan fingerprint density at radius 3 is 2.83 bits per heavy atom. The van der Waals surface area contributed by atoms with Crippen LogP contribution < -0.4 is 5.32 Å². The van der Waals surface area contributed by atoms with Gasteiger partial charge in [-0.05, 0) is 6.92 Å². The molecule has 0 aliphatic carbocycles. The van der Waals surface area contributed by atoms with Crippen molar-refractivity contribution in [2.24, 2.45) is 0 Å². The molecule has 1 saturated heterocycles. The topological polar surface area (TPSA) is 12.0 Å². The molecule has 2 heteroatoms. The minimum Gasteiger partial charge on any atom is -0.305 e. The van der Waals surface area contributed by atoms with Crippen LogP contribution in [0.2, 0.25) is 0 Å². The second kappa shape index (κ2) is 1.85. The molecule has 6 heavy (non-hydrogen) atoms. The summed E-state index contributed by atoms with van der Waals surface area (Å²) in [5.74, 6) is 2.45. The molecule has 1 aliphatic rings. The minimum atomic E-state index is 0.759. The summed E-state index contributed by atoms with van der Waals surface area (Å²) < 4.78 is 0. The smallest absolute Gasteiger partial charge is 0.0420 e. The first-order valence-corrected chi connectivity index (χ1v) is 3.36. The van der Waals surface area contributed by atoms with Gasteiger partial charge >= 0.3 is 0 Å². The lowest BCUT2D eigenvalue weighted by atomic mass is 10.4. The highest BCUT2D eigenvalue weighted by Crippen LogP contribution is 2.07. The van der Waals surface area contributed by atoms with Gasteiger partial charge in [-0.25, -0.2) is 0 Å². The molecule has 0 bridgehead atoms. The Bertz CT molecular complexity index is 40.8. The molecule has 0 aromatic rings. The Morgan fingerprint density at radius 1 is 1.83 bits per heavy atom. The highest BCUT2D eigenvalue weighted by atomic mass is 32.2. The average molecular weight is 103 g/mol. The first kappa shape index (κ1) is 4.47. The Morgan fingerprint density at radius 2 is 2.67 bits per heavy atom. The number of hydrogen-bond donors (Lipinski definition) is 1. The van der Waals surface area contributed by atoms with Gasteiger partial charge in [-0.15, -0.1) is 11.8 Å². The molecular formula is C4H9NS. The maximum absolute atomic E-state index is 3.28. The fourth-order valence-electron chi connectivity index (χ4n) is 0.496. The Kier molecular flexibility index (Phi) is 1.37. The second-order valence-corrected chi connectivity index (χ2v) is 2.65. The third-order valence-electron chi connectivity index (χ3n) is 0.902. The molecule has 0 saturated carbocycles. The minimum absolute atomic E-state index is 0.759. The normalized spacial score (nSPS) is 34.5. The average Bonchev–Trinajstić information content (AvgIpc) is 1.86. The van der Waals surface area contributed by atoms with Crippen LogP contribution in [0.15, 0.2) is 0 Å². The molecule has 1 nitrogen and oxygen atoms in total. The molecule has 1 unspecified atom stereocenters. The van der Waals surface area contributed by atoms with E-state index in [2.05, 4.69) is 12.2 Å². The van der Waals surface area contributed by atoms with Crippen LogP contribution >= 0.6 is 11.8 Å². The van der Waals surface area contributed by atoms with Crippen LogP contribution in [-0.2, 0) is 0 Å². The number of nitrogens with one attached hydrogen (secondary N) is 1. The molecule has 0 aromatic carbocycles. The highest BCUT2D eigenvalue weighted by Gasteiger charge is 2.05. The highest BCUT2D eigenvalue weighted by molar-refractivity contribution is 7.99. The Labute approximate surface area is 42.5 Å². The Hall–Kier alpha value is 0.310. The van der Waals surface area contributed by atoms with Gasteiger partial charge in [-0.1, -0.05) is 0 Å². The Balaban J connectivity index is 2.18. The van der Waals surface area contributed by atoms with Crippen molar-refractivity contribution in [1.29, 1.82) is 0 Å². The molecule has 0 radical (unpaired) electrons. The van der Waals surface area contributed by atoms with Gasteiger partial charge in [0, 0.05) is 17.7 Å². The largest absolute Gasteiger partial charge is 0.305 e. The van der Waals surface area contributed by atoms with Crippen LogP contribution in [-0.4, -0.2) is 17.7 Å². The summed E-state index contributed by atoms with van der Waals surface area (Å²) in [6.07, 6.45) is 0. The van der Waals surface area contributed by atoms with Gasteiger partial charge in [0.25, 0.3) is 0 Å². The van der Waals surface area contributed by atoms with Gasteiger partial charge < -0.3 is 5.32 Å². The van der Waals surface area contributed by atoms with E-state index in [9.17, 15) is 0 Å². The first-order valence-electron chi connectivity index (χ1n) is 2.21. The van der Waals surface area contributed by atoms with E-state index in [1.807, 2.05) is 11.8 Å². The number of thioether (sulfide) groups is 1. The summed E-state index contributed by atoms with van der Waals surface area (Å²) in [5, 5.41) is 3.28. The van der Waals surface area contributed by atoms with E-state index >= 15 is 0 Å². The van der Waals surface area contributed by atoms with Gasteiger partial charge in [0.05, 0.1) is 0 Å². The van der Waals surface area contributed by atoms with Crippen LogP contribution in [0.1, 0.15) is 6.92 Å². The summed E-state index contributed by atoms with van der Waals surface area (Å²) in [6.45, 7) is 2.21. The van der Waals surface area contributed by atoms with Crippen LogP contribution in [0.3, 0.4) is 0 Å². The van der Waals surface area contributed by atoms with E-state index in [4.69, 9.17) is 0 Å². The number of rotatable bonds is 0. The van der Waals surface area contributed by atoms with Gasteiger partial charge in [0.15, 0.2) is 0 Å². The zero-order valence-corrected chi connectivity index (χ0v) is 4.72. The predicted octanol–water partition coefficient (Wildman–Crippen LogP) is 0.669. The third-order valence-corrected chi connectivity index (χ3v) is 2.01. The summed E-state index contributed by atoms with van der Waals surface area (Å²) >= 11 is 1.97. The number of hydrogen-bond acceptors (Lipinski definition) is 2. The molecule has 1 fully saturated rings. The van der Waals surface area contributed by atoms with Gasteiger partial charge in [-0.2, -0.15) is 0 Å². The molecule has 0 aromatic heterocycles. The molecule has 1 atom stereocenters. The van der Waals surface area contributed by atoms with Gasteiger partial charge in [-0.3, -0.25) is 0 Å². The molecule has 0 amide bonds. The van der Waals surface area contributed by atoms with Gasteiger partial charge in [0.2, 0.25) is 0 Å². The second-order valence-electron chi connectivity index (χ2n) is 1.62. The van der Waals surface area contributed by atoms with Crippen molar-refractivity contribution in [3.05, 3.63) is 0 Å². The molecule has 1 N–H and O–H groups in total. The SMILES string of the molecule is CC1CSCN1. The zero-order valence-electron chi connectivity index (χ0n) is 3.90. The lowest BCUT2D eigenvalue weighted by molar-refractivity contribution is 0.692. The van der Waals surface area contributed by atoms with E-state index in [0.29, 0.717) is 0 Å². The lowest BCUT2D eigenvalue weighted by Crippen LogP contribution is -2.18. The van der Waals surface area contributed by atoms with Crippen LogP contribution in [0.5, 0.6) is 0 Å². The van der Waals surface area contributed by atoms with Crippen molar-refractivity contribution in [3.63, 3.8) is 0 Å². The van der Waals surface area contributed by atoms with E-state index in [1.165, 1.54) is 5.75 Å². The summed E-state index contributed by atoms with van der Waals surface area (Å²) in [4.78, 5) is 0. The van der Waals surface area contributed by atoms with Crippen molar-refractivity contribution < 1.29 is 0 Å². The van der Waals surface area contributed by atoms with Crippen LogP contribution in [0.4, 0.5) is 0 Å². The summed E-state index contributed by atoms with van der Waals surface area (Å²) in [6, 6.07) is 0.759. The molecular weight excluding hydrogens is 94.1 g/mol. The standard InChI is InChI=1S/C4H9NS/c1-4-2-6-3-5-4/h4-5H,2-3H2,1H3. The maximum Gasteiger partial charge on any atom is 0.0420 e. The summed E-state index contributed by atoms with van der Waals surface area (Å²) in [7, 11) is 0. The molecule has 1 aliphatic heterocycles. The monoisotopic (exact) mass is 103 g/mol. The van der Waals surface area contributed by atoms with Crippen LogP contribution in [0, 0.1) is 0 Å². The third kappa shape index (κ3) is 0.884. The molecule has 0 spiro atoms. The molecule has 1 rings (SSSR count). The maximum atomic E-state index is 3.28. The van der Waals surface area contributed by atoms with E-state index < -0.39 is 0 Å². The van der Waals surface area contributed by atoms with E-state index in [0.717, 1.165) is 11.9 Å². The van der Waals surface area contributed by atoms with Crippen molar-refractivity contribution in [1.82, 2.24) is 5.32 Å². The zero-order chi connectivity index (χ0) is 4.41. The fraction of sp³-hybridized carbons (Fsp3) is 1.00. The van der Waals surface area contributed by atoms with Crippen molar-refractivity contribution in [2.75, 3.05) is 11.6 Å². The van der Waals surface area contributed by atoms with Crippen molar-refractivity contribution in [2.45, 2.75) is 13.0 Å².